The van der Waals surface area contributed by atoms with E-state index in [2.05, 4.69) is 35.2 Å². The lowest BCUT2D eigenvalue weighted by Crippen LogP contribution is -2.33. The quantitative estimate of drug-likeness (QED) is 0.654. The number of thiophene rings is 1. The number of aromatic nitrogens is 1. The Labute approximate surface area is 157 Å². The maximum Gasteiger partial charge on any atom is 0.268 e. The first kappa shape index (κ1) is 17.2. The summed E-state index contributed by atoms with van der Waals surface area (Å²) in [6.45, 7) is 4.99. The van der Waals surface area contributed by atoms with Crippen molar-refractivity contribution in [2.24, 2.45) is 0 Å². The van der Waals surface area contributed by atoms with Gasteiger partial charge in [-0.05, 0) is 36.4 Å². The van der Waals surface area contributed by atoms with Gasteiger partial charge in [0.25, 0.3) is 5.91 Å². The minimum atomic E-state index is -0.00393. The van der Waals surface area contributed by atoms with Crippen LogP contribution in [0.25, 0.3) is 10.9 Å². The van der Waals surface area contributed by atoms with Gasteiger partial charge in [-0.3, -0.25) is 4.79 Å². The van der Waals surface area contributed by atoms with Crippen LogP contribution in [-0.2, 0) is 6.54 Å². The van der Waals surface area contributed by atoms with Crippen LogP contribution in [0, 0.1) is 0 Å². The summed E-state index contributed by atoms with van der Waals surface area (Å²) in [5.74, 6) is 0.874. The molecular weight excluding hydrogens is 344 g/mol. The third-order valence-electron chi connectivity index (χ3n) is 5.02. The second kappa shape index (κ2) is 7.16. The Balaban J connectivity index is 1.68. The van der Waals surface area contributed by atoms with E-state index < -0.39 is 0 Å². The summed E-state index contributed by atoms with van der Waals surface area (Å²) < 4.78 is 8.21. The maximum absolute atomic E-state index is 13.1. The van der Waals surface area contributed by atoms with Crippen LogP contribution in [0.3, 0.4) is 0 Å². The normalized spacial score (nSPS) is 17.1. The first-order valence-electron chi connectivity index (χ1n) is 9.34. The molecule has 26 heavy (non-hydrogen) atoms. The number of amides is 1. The average Bonchev–Trinajstić information content (AvgIpc) is 3.30. The number of ether oxygens (including phenoxy) is 1. The summed E-state index contributed by atoms with van der Waals surface area (Å²) in [7, 11) is 0. The van der Waals surface area contributed by atoms with Gasteiger partial charge in [-0.1, -0.05) is 38.5 Å². The predicted octanol–water partition coefficient (Wildman–Crippen LogP) is 5.15. The molecule has 0 saturated carbocycles. The van der Waals surface area contributed by atoms with Crippen molar-refractivity contribution in [3.8, 4) is 5.75 Å². The Morgan fingerprint density at radius 1 is 1.35 bits per heavy atom. The van der Waals surface area contributed by atoms with Crippen molar-refractivity contribution in [3.05, 3.63) is 52.3 Å². The van der Waals surface area contributed by atoms with Gasteiger partial charge in [0.15, 0.2) is 0 Å². The van der Waals surface area contributed by atoms with Gasteiger partial charge in [0, 0.05) is 10.3 Å². The van der Waals surface area contributed by atoms with Crippen molar-refractivity contribution >= 4 is 28.1 Å². The van der Waals surface area contributed by atoms with E-state index in [-0.39, 0.29) is 18.1 Å². The van der Waals surface area contributed by atoms with Crippen LogP contribution in [-0.4, -0.2) is 16.6 Å². The number of rotatable bonds is 6. The number of hydrogen-bond donors (Lipinski definition) is 1. The number of para-hydroxylation sites is 1. The standard InChI is InChI=1S/C21H24N2O2S/c1-3-7-16(19-10-6-11-26-19)22-21(24)17-12-14-8-5-9-18-20(14)23(17)13-15(4-2)25-18/h5-6,8-12,15-16H,3-4,7,13H2,1-2H3,(H,22,24)/t15-,16-/m1/s1. The molecular formula is C21H24N2O2S. The van der Waals surface area contributed by atoms with Gasteiger partial charge in [-0.25, -0.2) is 0 Å². The Kier molecular flexibility index (Phi) is 4.72. The minimum absolute atomic E-state index is 0.00393. The second-order valence-corrected chi connectivity index (χ2v) is 7.79. The van der Waals surface area contributed by atoms with Crippen LogP contribution in [0.4, 0.5) is 0 Å². The molecule has 3 heterocycles. The molecule has 0 fully saturated rings. The number of benzene rings is 1. The monoisotopic (exact) mass is 368 g/mol. The molecule has 1 N–H and O–H groups in total. The molecule has 0 bridgehead atoms. The highest BCUT2D eigenvalue weighted by Crippen LogP contribution is 2.34. The Morgan fingerprint density at radius 2 is 2.23 bits per heavy atom. The zero-order valence-electron chi connectivity index (χ0n) is 15.2. The molecule has 0 spiro atoms. The van der Waals surface area contributed by atoms with Gasteiger partial charge in [0.2, 0.25) is 0 Å². The summed E-state index contributed by atoms with van der Waals surface area (Å²) >= 11 is 1.70. The largest absolute Gasteiger partial charge is 0.486 e. The van der Waals surface area contributed by atoms with Gasteiger partial charge in [0.1, 0.15) is 17.5 Å². The molecule has 2 atom stereocenters. The number of nitrogens with zero attached hydrogens (tertiary/aromatic N) is 1. The van der Waals surface area contributed by atoms with Crippen LogP contribution in [0.2, 0.25) is 0 Å². The van der Waals surface area contributed by atoms with E-state index in [1.807, 2.05) is 30.3 Å². The fourth-order valence-electron chi connectivity index (χ4n) is 3.69. The topological polar surface area (TPSA) is 43.3 Å². The summed E-state index contributed by atoms with van der Waals surface area (Å²) in [6, 6.07) is 12.2. The molecule has 0 aliphatic carbocycles. The maximum atomic E-state index is 13.1. The summed E-state index contributed by atoms with van der Waals surface area (Å²) in [6.07, 6.45) is 3.00. The molecule has 1 aromatic carbocycles. The van der Waals surface area contributed by atoms with Crippen LogP contribution in [0.5, 0.6) is 5.75 Å². The average molecular weight is 369 g/mol. The molecule has 1 aliphatic rings. The Morgan fingerprint density at radius 3 is 2.96 bits per heavy atom. The van der Waals surface area contributed by atoms with Crippen LogP contribution in [0.15, 0.2) is 41.8 Å². The third kappa shape index (κ3) is 3.01. The van der Waals surface area contributed by atoms with Gasteiger partial charge in [-0.2, -0.15) is 0 Å². The van der Waals surface area contributed by atoms with Gasteiger partial charge in [-0.15, -0.1) is 11.3 Å². The van der Waals surface area contributed by atoms with E-state index in [1.165, 1.54) is 4.88 Å². The molecule has 4 nitrogen and oxygen atoms in total. The number of carbonyl (C=O) groups excluding carboxylic acids is 1. The lowest BCUT2D eigenvalue weighted by Gasteiger charge is -2.26. The van der Waals surface area contributed by atoms with E-state index in [0.29, 0.717) is 0 Å². The summed E-state index contributed by atoms with van der Waals surface area (Å²) in [5.41, 5.74) is 1.76. The lowest BCUT2D eigenvalue weighted by atomic mass is 10.1. The molecule has 3 aromatic rings. The van der Waals surface area contributed by atoms with Crippen molar-refractivity contribution < 1.29 is 9.53 Å². The third-order valence-corrected chi connectivity index (χ3v) is 6.01. The lowest BCUT2D eigenvalue weighted by molar-refractivity contribution is 0.0919. The van der Waals surface area contributed by atoms with Crippen molar-refractivity contribution in [1.82, 2.24) is 9.88 Å². The number of hydrogen-bond acceptors (Lipinski definition) is 3. The van der Waals surface area contributed by atoms with Crippen LogP contribution in [0.1, 0.15) is 54.5 Å². The molecule has 0 radical (unpaired) electrons. The predicted molar refractivity (Wildman–Crippen MR) is 106 cm³/mol. The van der Waals surface area contributed by atoms with Crippen molar-refractivity contribution in [2.75, 3.05) is 0 Å². The summed E-state index contributed by atoms with van der Waals surface area (Å²) in [5, 5.41) is 6.38. The Bertz CT molecular complexity index is 914. The van der Waals surface area contributed by atoms with Gasteiger partial charge in [0.05, 0.1) is 18.1 Å². The zero-order chi connectivity index (χ0) is 18.1. The smallest absolute Gasteiger partial charge is 0.268 e. The molecule has 2 aromatic heterocycles. The highest BCUT2D eigenvalue weighted by Gasteiger charge is 2.26. The number of nitrogens with one attached hydrogen (secondary N) is 1. The molecule has 4 rings (SSSR count). The highest BCUT2D eigenvalue weighted by atomic mass is 32.1. The van der Waals surface area contributed by atoms with E-state index in [9.17, 15) is 4.79 Å². The molecule has 1 amide bonds. The molecule has 5 heteroatoms. The van der Waals surface area contributed by atoms with Crippen LogP contribution >= 0.6 is 11.3 Å². The van der Waals surface area contributed by atoms with Crippen molar-refractivity contribution in [2.45, 2.75) is 51.8 Å². The fraction of sp³-hybridized carbons (Fsp3) is 0.381. The van der Waals surface area contributed by atoms with Crippen molar-refractivity contribution in [1.29, 1.82) is 0 Å². The number of carbonyl (C=O) groups is 1. The first-order valence-corrected chi connectivity index (χ1v) is 10.2. The summed E-state index contributed by atoms with van der Waals surface area (Å²) in [4.78, 5) is 14.4. The minimum Gasteiger partial charge on any atom is -0.486 e. The van der Waals surface area contributed by atoms with Crippen LogP contribution < -0.4 is 10.1 Å². The van der Waals surface area contributed by atoms with Crippen molar-refractivity contribution in [3.63, 3.8) is 0 Å². The molecule has 0 saturated heterocycles. The molecule has 0 unspecified atom stereocenters. The first-order chi connectivity index (χ1) is 12.7. The highest BCUT2D eigenvalue weighted by molar-refractivity contribution is 7.10. The van der Waals surface area contributed by atoms with E-state index >= 15 is 0 Å². The zero-order valence-corrected chi connectivity index (χ0v) is 16.0. The second-order valence-electron chi connectivity index (χ2n) is 6.81. The van der Waals surface area contributed by atoms with Gasteiger partial charge < -0.3 is 14.6 Å². The van der Waals surface area contributed by atoms with E-state index in [1.54, 1.807) is 11.3 Å². The van der Waals surface area contributed by atoms with Gasteiger partial charge >= 0.3 is 0 Å². The Hall–Kier alpha value is -2.27. The molecule has 136 valence electrons. The van der Waals surface area contributed by atoms with E-state index in [0.717, 1.165) is 48.2 Å². The van der Waals surface area contributed by atoms with E-state index in [4.69, 9.17) is 4.74 Å². The fourth-order valence-corrected chi connectivity index (χ4v) is 4.50. The SMILES string of the molecule is CCC[C@@H](NC(=O)c1cc2cccc3c2n1C[C@@H](CC)O3)c1cccs1. The molecule has 1 aliphatic heterocycles.